The first-order valence-electron chi connectivity index (χ1n) is 5.87. The molecular weight excluding hydrogens is 294 g/mol. The van der Waals surface area contributed by atoms with Crippen molar-refractivity contribution in [3.05, 3.63) is 42.6 Å². The van der Waals surface area contributed by atoms with Gasteiger partial charge in [0.2, 0.25) is 0 Å². The molecule has 0 amide bonds. The van der Waals surface area contributed by atoms with Gasteiger partial charge in [-0.25, -0.2) is 13.4 Å². The molecule has 2 rings (SSSR count). The highest BCUT2D eigenvalue weighted by Gasteiger charge is 2.19. The zero-order chi connectivity index (χ0) is 14.6. The smallest absolute Gasteiger partial charge is 0.265 e. The summed E-state index contributed by atoms with van der Waals surface area (Å²) in [5.41, 5.74) is 0.561. The maximum absolute atomic E-state index is 12.4. The van der Waals surface area contributed by atoms with Gasteiger partial charge in [-0.2, -0.15) is 0 Å². The Bertz CT molecular complexity index is 702. The van der Waals surface area contributed by atoms with Crippen molar-refractivity contribution in [3.63, 3.8) is 0 Å². The Morgan fingerprint density at radius 1 is 1.15 bits per heavy atom. The van der Waals surface area contributed by atoms with Crippen molar-refractivity contribution < 1.29 is 8.42 Å². The molecule has 2 aromatic rings. The first kappa shape index (κ1) is 14.7. The van der Waals surface area contributed by atoms with E-state index in [0.29, 0.717) is 11.5 Å². The minimum absolute atomic E-state index is 0.124. The van der Waals surface area contributed by atoms with Crippen LogP contribution in [0.4, 0.5) is 11.5 Å². The van der Waals surface area contributed by atoms with Crippen LogP contribution in [0.15, 0.2) is 52.4 Å². The predicted molar refractivity (Wildman–Crippen MR) is 82.8 cm³/mol. The molecule has 0 aliphatic carbocycles. The summed E-state index contributed by atoms with van der Waals surface area (Å²) in [4.78, 5) is 5.00. The van der Waals surface area contributed by atoms with Gasteiger partial charge in [-0.3, -0.25) is 4.72 Å². The van der Waals surface area contributed by atoms with Gasteiger partial charge in [-0.1, -0.05) is 12.1 Å². The topological polar surface area (TPSA) is 71.1 Å². The first-order chi connectivity index (χ1) is 9.58. The van der Waals surface area contributed by atoms with Crippen LogP contribution < -0.4 is 10.0 Å². The second-order valence-corrected chi connectivity index (χ2v) is 6.40. The lowest BCUT2D eigenvalue weighted by molar-refractivity contribution is 0.601. The molecule has 0 radical (unpaired) electrons. The van der Waals surface area contributed by atoms with E-state index in [9.17, 15) is 8.42 Å². The summed E-state index contributed by atoms with van der Waals surface area (Å²) < 4.78 is 27.5. The Kier molecular flexibility index (Phi) is 4.51. The van der Waals surface area contributed by atoms with E-state index in [0.717, 1.165) is 4.90 Å². The van der Waals surface area contributed by atoms with E-state index < -0.39 is 10.0 Å². The molecule has 0 fully saturated rings. The van der Waals surface area contributed by atoms with Crippen LogP contribution in [0.5, 0.6) is 0 Å². The van der Waals surface area contributed by atoms with Crippen LogP contribution in [0.25, 0.3) is 0 Å². The maximum Gasteiger partial charge on any atom is 0.265 e. The van der Waals surface area contributed by atoms with Crippen molar-refractivity contribution in [1.29, 1.82) is 0 Å². The van der Waals surface area contributed by atoms with Gasteiger partial charge in [0.1, 0.15) is 10.7 Å². The number of benzene rings is 1. The number of rotatable bonds is 5. The van der Waals surface area contributed by atoms with Crippen LogP contribution in [0.3, 0.4) is 0 Å². The fourth-order valence-electron chi connectivity index (χ4n) is 1.72. The highest BCUT2D eigenvalue weighted by atomic mass is 32.2. The van der Waals surface area contributed by atoms with Crippen LogP contribution in [-0.4, -0.2) is 26.7 Å². The number of hydrogen-bond acceptors (Lipinski definition) is 5. The summed E-state index contributed by atoms with van der Waals surface area (Å²) in [6.45, 7) is 0. The lowest BCUT2D eigenvalue weighted by Crippen LogP contribution is -2.15. The highest BCUT2D eigenvalue weighted by Crippen LogP contribution is 2.28. The van der Waals surface area contributed by atoms with Gasteiger partial charge in [0.05, 0.1) is 5.69 Å². The Morgan fingerprint density at radius 3 is 2.60 bits per heavy atom. The van der Waals surface area contributed by atoms with Crippen LogP contribution in [-0.2, 0) is 10.0 Å². The standard InChI is InChI=1S/C13H15N3O2S2/c1-14-13-12(8-5-9-15-13)20(17,18)16-10-6-3-4-7-11(10)19-2/h3-9,16H,1-2H3,(H,14,15). The molecule has 0 saturated carbocycles. The lowest BCUT2D eigenvalue weighted by Gasteiger charge is -2.13. The van der Waals surface area contributed by atoms with E-state index in [1.54, 1.807) is 31.4 Å². The average molecular weight is 309 g/mol. The van der Waals surface area contributed by atoms with Gasteiger partial charge in [-0.05, 0) is 30.5 Å². The van der Waals surface area contributed by atoms with Crippen LogP contribution in [0.1, 0.15) is 0 Å². The van der Waals surface area contributed by atoms with Gasteiger partial charge < -0.3 is 5.32 Å². The second kappa shape index (κ2) is 6.15. The number of nitrogens with one attached hydrogen (secondary N) is 2. The van der Waals surface area contributed by atoms with Crippen LogP contribution in [0, 0.1) is 0 Å². The number of pyridine rings is 1. The zero-order valence-electron chi connectivity index (χ0n) is 11.1. The summed E-state index contributed by atoms with van der Waals surface area (Å²) in [5, 5.41) is 2.78. The van der Waals surface area contributed by atoms with Crippen molar-refractivity contribution in [2.75, 3.05) is 23.3 Å². The number of anilines is 2. The minimum atomic E-state index is -3.68. The maximum atomic E-state index is 12.4. The normalized spacial score (nSPS) is 11.1. The third-order valence-corrected chi connectivity index (χ3v) is 4.84. The molecule has 106 valence electrons. The molecule has 0 unspecified atom stereocenters. The van der Waals surface area contributed by atoms with Crippen LogP contribution >= 0.6 is 11.8 Å². The molecule has 7 heteroatoms. The SMILES string of the molecule is CNc1ncccc1S(=O)(=O)Nc1ccccc1SC. The quantitative estimate of drug-likeness (QED) is 0.831. The summed E-state index contributed by atoms with van der Waals surface area (Å²) in [7, 11) is -2.04. The summed E-state index contributed by atoms with van der Waals surface area (Å²) in [6, 6.07) is 10.4. The van der Waals surface area contributed by atoms with Crippen molar-refractivity contribution >= 4 is 33.3 Å². The number of nitrogens with zero attached hydrogens (tertiary/aromatic N) is 1. The third kappa shape index (κ3) is 3.05. The monoisotopic (exact) mass is 309 g/mol. The molecule has 0 aliphatic heterocycles. The van der Waals surface area contributed by atoms with Gasteiger partial charge in [0.25, 0.3) is 10.0 Å². The molecule has 1 aromatic heterocycles. The van der Waals surface area contributed by atoms with Crippen LogP contribution in [0.2, 0.25) is 0 Å². The molecule has 20 heavy (non-hydrogen) atoms. The number of sulfonamides is 1. The van der Waals surface area contributed by atoms with Gasteiger partial charge in [0.15, 0.2) is 0 Å². The van der Waals surface area contributed by atoms with E-state index in [-0.39, 0.29) is 4.90 Å². The Balaban J connectivity index is 2.41. The average Bonchev–Trinajstić information content (AvgIpc) is 2.47. The van der Waals surface area contributed by atoms with Gasteiger partial charge >= 0.3 is 0 Å². The van der Waals surface area contributed by atoms with Crippen molar-refractivity contribution in [2.24, 2.45) is 0 Å². The van der Waals surface area contributed by atoms with Crippen molar-refractivity contribution in [1.82, 2.24) is 4.98 Å². The molecule has 0 atom stereocenters. The third-order valence-electron chi connectivity index (χ3n) is 2.65. The number of thioether (sulfide) groups is 1. The van der Waals surface area contributed by atoms with Gasteiger partial charge in [0, 0.05) is 18.1 Å². The Labute approximate surface area is 122 Å². The van der Waals surface area contributed by atoms with E-state index >= 15 is 0 Å². The molecule has 2 N–H and O–H groups in total. The fraction of sp³-hybridized carbons (Fsp3) is 0.154. The van der Waals surface area contributed by atoms with E-state index in [4.69, 9.17) is 0 Å². The van der Waals surface area contributed by atoms with Gasteiger partial charge in [-0.15, -0.1) is 11.8 Å². The summed E-state index contributed by atoms with van der Waals surface area (Å²) in [5.74, 6) is 0.321. The molecule has 1 aromatic carbocycles. The number of hydrogen-bond donors (Lipinski definition) is 2. The van der Waals surface area contributed by atoms with E-state index in [2.05, 4.69) is 15.0 Å². The zero-order valence-corrected chi connectivity index (χ0v) is 12.8. The molecule has 1 heterocycles. The Morgan fingerprint density at radius 2 is 1.90 bits per heavy atom. The molecular formula is C13H15N3O2S2. The molecule has 5 nitrogen and oxygen atoms in total. The first-order valence-corrected chi connectivity index (χ1v) is 8.58. The largest absolute Gasteiger partial charge is 0.372 e. The highest BCUT2D eigenvalue weighted by molar-refractivity contribution is 7.99. The van der Waals surface area contributed by atoms with E-state index in [1.807, 2.05) is 18.4 Å². The molecule has 0 saturated heterocycles. The molecule has 0 spiro atoms. The van der Waals surface area contributed by atoms with E-state index in [1.165, 1.54) is 17.8 Å². The molecule has 0 aliphatic rings. The predicted octanol–water partition coefficient (Wildman–Crippen LogP) is 2.65. The lowest BCUT2D eigenvalue weighted by atomic mass is 10.3. The number of para-hydroxylation sites is 1. The fourth-order valence-corrected chi connectivity index (χ4v) is 3.59. The summed E-state index contributed by atoms with van der Waals surface area (Å²) in [6.07, 6.45) is 3.44. The molecule has 0 bridgehead atoms. The summed E-state index contributed by atoms with van der Waals surface area (Å²) >= 11 is 1.48. The van der Waals surface area contributed by atoms with Crippen molar-refractivity contribution in [2.45, 2.75) is 9.79 Å². The number of aromatic nitrogens is 1. The van der Waals surface area contributed by atoms with Crippen molar-refractivity contribution in [3.8, 4) is 0 Å². The second-order valence-electron chi connectivity index (χ2n) is 3.91. The Hall–Kier alpha value is -1.73. The minimum Gasteiger partial charge on any atom is -0.372 e.